The van der Waals surface area contributed by atoms with Crippen molar-refractivity contribution in [3.63, 3.8) is 0 Å². The number of rotatable bonds is 11. The van der Waals surface area contributed by atoms with Crippen LogP contribution in [0.25, 0.3) is 0 Å². The van der Waals surface area contributed by atoms with E-state index in [9.17, 15) is 9.59 Å². The minimum atomic E-state index is -0.722. The van der Waals surface area contributed by atoms with Crippen LogP contribution in [-0.4, -0.2) is 58.7 Å². The summed E-state index contributed by atoms with van der Waals surface area (Å²) in [5, 5.41) is 0. The Morgan fingerprint density at radius 3 is 2.09 bits per heavy atom. The maximum atomic E-state index is 12.1. The second kappa shape index (κ2) is 12.1. The molecule has 0 unspecified atom stereocenters. The summed E-state index contributed by atoms with van der Waals surface area (Å²) in [7, 11) is 4.63. The summed E-state index contributed by atoms with van der Waals surface area (Å²) >= 11 is 0. The van der Waals surface area contributed by atoms with Gasteiger partial charge in [0.1, 0.15) is 29.5 Å². The fraction of sp³-hybridized carbons (Fsp3) is 0.600. The van der Waals surface area contributed by atoms with Crippen LogP contribution in [0.1, 0.15) is 52.4 Å². The summed E-state index contributed by atoms with van der Waals surface area (Å²) in [4.78, 5) is 24.0. The second-order valence-corrected chi connectivity index (χ2v) is 9.08. The zero-order valence-electron chi connectivity index (χ0n) is 21.1. The quantitative estimate of drug-likeness (QED) is 0.344. The summed E-state index contributed by atoms with van der Waals surface area (Å²) in [5.74, 6) is 0.366. The molecule has 1 aliphatic heterocycles. The van der Waals surface area contributed by atoms with Gasteiger partial charge in [-0.2, -0.15) is 0 Å². The molecule has 1 aromatic rings. The van der Waals surface area contributed by atoms with Gasteiger partial charge in [-0.1, -0.05) is 20.3 Å². The molecule has 0 aromatic heterocycles. The van der Waals surface area contributed by atoms with E-state index in [1.165, 1.54) is 14.2 Å². The number of ether oxygens (including phenoxy) is 7. The first-order valence-electron chi connectivity index (χ1n) is 11.2. The molecule has 0 spiro atoms. The minimum Gasteiger partial charge on any atom is -0.496 e. The van der Waals surface area contributed by atoms with Gasteiger partial charge in [0.25, 0.3) is 0 Å². The summed E-state index contributed by atoms with van der Waals surface area (Å²) in [5.41, 5.74) is -0.551. The fourth-order valence-electron chi connectivity index (χ4n) is 3.55. The van der Waals surface area contributed by atoms with E-state index in [4.69, 9.17) is 33.2 Å². The number of carbonyl (C=O) groups is 2. The van der Waals surface area contributed by atoms with E-state index in [-0.39, 0.29) is 19.8 Å². The summed E-state index contributed by atoms with van der Waals surface area (Å²) in [6.45, 7) is 8.12. The lowest BCUT2D eigenvalue weighted by Gasteiger charge is -2.37. The van der Waals surface area contributed by atoms with E-state index >= 15 is 0 Å². The van der Waals surface area contributed by atoms with Gasteiger partial charge in [0.2, 0.25) is 0 Å². The van der Waals surface area contributed by atoms with E-state index in [1.54, 1.807) is 19.2 Å². The van der Waals surface area contributed by atoms with E-state index in [1.807, 2.05) is 27.7 Å². The predicted molar refractivity (Wildman–Crippen MR) is 124 cm³/mol. The Balaban J connectivity index is 1.93. The van der Waals surface area contributed by atoms with Crippen molar-refractivity contribution in [2.75, 3.05) is 41.2 Å². The molecule has 1 heterocycles. The van der Waals surface area contributed by atoms with Crippen molar-refractivity contribution < 1.29 is 42.7 Å². The molecular weight excluding hydrogens is 444 g/mol. The van der Waals surface area contributed by atoms with Gasteiger partial charge in [-0.25, -0.2) is 9.59 Å². The van der Waals surface area contributed by atoms with Crippen molar-refractivity contribution in [2.24, 2.45) is 5.41 Å². The SMILES string of the molecule is CCCC(C)(C)OC(=O)/C=C/C(=O)OCC1(C)COC(c2c(OC)cc(OC)cc2OC)OC1. The molecule has 0 aliphatic carbocycles. The van der Waals surface area contributed by atoms with Gasteiger partial charge in [0.05, 0.1) is 40.1 Å². The maximum absolute atomic E-state index is 12.1. The van der Waals surface area contributed by atoms with Gasteiger partial charge in [-0.15, -0.1) is 0 Å². The minimum absolute atomic E-state index is 0.0517. The summed E-state index contributed by atoms with van der Waals surface area (Å²) < 4.78 is 38.8. The summed E-state index contributed by atoms with van der Waals surface area (Å²) in [6.07, 6.45) is 3.03. The molecule has 0 atom stereocenters. The third-order valence-electron chi connectivity index (χ3n) is 5.30. The molecule has 1 fully saturated rings. The fourth-order valence-corrected chi connectivity index (χ4v) is 3.55. The van der Waals surface area contributed by atoms with Crippen molar-refractivity contribution in [1.29, 1.82) is 0 Å². The van der Waals surface area contributed by atoms with Crippen LogP contribution in [0.5, 0.6) is 17.2 Å². The lowest BCUT2D eigenvalue weighted by molar-refractivity contribution is -0.239. The molecule has 0 radical (unpaired) electrons. The van der Waals surface area contributed by atoms with Gasteiger partial charge >= 0.3 is 11.9 Å². The van der Waals surface area contributed by atoms with E-state index in [2.05, 4.69) is 0 Å². The molecule has 9 heteroatoms. The molecule has 0 N–H and O–H groups in total. The molecule has 0 saturated carbocycles. The second-order valence-electron chi connectivity index (χ2n) is 9.08. The van der Waals surface area contributed by atoms with Crippen LogP contribution in [-0.2, 0) is 28.5 Å². The van der Waals surface area contributed by atoms with Crippen LogP contribution in [0, 0.1) is 5.41 Å². The number of methoxy groups -OCH3 is 3. The highest BCUT2D eigenvalue weighted by Gasteiger charge is 2.37. The molecule has 9 nitrogen and oxygen atoms in total. The van der Waals surface area contributed by atoms with Crippen LogP contribution in [0.15, 0.2) is 24.3 Å². The first kappa shape index (κ1) is 27.5. The Labute approximate surface area is 201 Å². The Morgan fingerprint density at radius 2 is 1.59 bits per heavy atom. The highest BCUT2D eigenvalue weighted by atomic mass is 16.7. The van der Waals surface area contributed by atoms with E-state index in [0.717, 1.165) is 25.0 Å². The monoisotopic (exact) mass is 480 g/mol. The standard InChI is InChI=1S/C25H36O9/c1-8-11-24(2,3)34-21(27)10-9-20(26)31-14-25(4)15-32-23(33-16-25)22-18(29-6)12-17(28-5)13-19(22)30-7/h9-10,12-13,23H,8,11,14-16H2,1-7H3/b10-9+. The molecule has 190 valence electrons. The van der Waals surface area contributed by atoms with Crippen molar-refractivity contribution in [3.05, 3.63) is 29.8 Å². The van der Waals surface area contributed by atoms with Gasteiger partial charge < -0.3 is 33.2 Å². The number of benzene rings is 1. The van der Waals surface area contributed by atoms with Gasteiger partial charge in [-0.05, 0) is 20.3 Å². The van der Waals surface area contributed by atoms with Crippen molar-refractivity contribution >= 4 is 11.9 Å². The maximum Gasteiger partial charge on any atom is 0.331 e. The smallest absolute Gasteiger partial charge is 0.331 e. The molecule has 2 rings (SSSR count). The molecule has 34 heavy (non-hydrogen) atoms. The molecule has 0 bridgehead atoms. The van der Waals surface area contributed by atoms with Crippen molar-refractivity contribution in [1.82, 2.24) is 0 Å². The van der Waals surface area contributed by atoms with Gasteiger partial charge in [-0.3, -0.25) is 0 Å². The zero-order chi connectivity index (χ0) is 25.4. The Kier molecular flexibility index (Phi) is 9.76. The average Bonchev–Trinajstić information content (AvgIpc) is 2.80. The molecule has 0 amide bonds. The zero-order valence-corrected chi connectivity index (χ0v) is 21.1. The van der Waals surface area contributed by atoms with Crippen molar-refractivity contribution in [2.45, 2.75) is 52.4 Å². The summed E-state index contributed by atoms with van der Waals surface area (Å²) in [6, 6.07) is 3.45. The number of esters is 2. The molecule has 1 aromatic carbocycles. The lowest BCUT2D eigenvalue weighted by atomic mass is 9.93. The van der Waals surface area contributed by atoms with E-state index < -0.39 is 29.2 Å². The van der Waals surface area contributed by atoms with Crippen LogP contribution in [0.2, 0.25) is 0 Å². The number of hydrogen-bond donors (Lipinski definition) is 0. The molecular formula is C25H36O9. The predicted octanol–water partition coefficient (Wildman–Crippen LogP) is 3.99. The van der Waals surface area contributed by atoms with Gasteiger partial charge in [0.15, 0.2) is 6.29 Å². The van der Waals surface area contributed by atoms with Gasteiger partial charge in [0, 0.05) is 29.7 Å². The normalized spacial score (nSPS) is 20.6. The third-order valence-corrected chi connectivity index (χ3v) is 5.30. The first-order chi connectivity index (χ1) is 16.1. The highest BCUT2D eigenvalue weighted by Crippen LogP contribution is 2.43. The van der Waals surface area contributed by atoms with Crippen LogP contribution in [0.3, 0.4) is 0 Å². The van der Waals surface area contributed by atoms with Crippen LogP contribution < -0.4 is 14.2 Å². The topological polar surface area (TPSA) is 98.8 Å². The number of carbonyl (C=O) groups excluding carboxylic acids is 2. The number of hydrogen-bond acceptors (Lipinski definition) is 9. The van der Waals surface area contributed by atoms with E-state index in [0.29, 0.717) is 22.8 Å². The van der Waals surface area contributed by atoms with Crippen LogP contribution >= 0.6 is 0 Å². The van der Waals surface area contributed by atoms with Crippen molar-refractivity contribution in [3.8, 4) is 17.2 Å². The Morgan fingerprint density at radius 1 is 1.03 bits per heavy atom. The molecule has 1 saturated heterocycles. The molecule has 1 aliphatic rings. The highest BCUT2D eigenvalue weighted by molar-refractivity contribution is 5.91. The van der Waals surface area contributed by atoms with Crippen LogP contribution in [0.4, 0.5) is 0 Å². The Hall–Kier alpha value is -2.78. The Bertz CT molecular complexity index is 842. The third kappa shape index (κ3) is 7.63. The lowest BCUT2D eigenvalue weighted by Crippen LogP contribution is -2.40. The first-order valence-corrected chi connectivity index (χ1v) is 11.2. The largest absolute Gasteiger partial charge is 0.496 e. The average molecular weight is 481 g/mol.